The molecule has 176 valence electrons. The fourth-order valence-electron chi connectivity index (χ4n) is 3.55. The quantitative estimate of drug-likeness (QED) is 0.151. The summed E-state index contributed by atoms with van der Waals surface area (Å²) in [5.74, 6) is -1.40. The van der Waals surface area contributed by atoms with Crippen LogP contribution in [-0.4, -0.2) is 43.1 Å². The Kier molecular flexibility index (Phi) is 9.65. The summed E-state index contributed by atoms with van der Waals surface area (Å²) in [6.07, 6.45) is 0.678. The van der Waals surface area contributed by atoms with Gasteiger partial charge in [-0.2, -0.15) is 0 Å². The molecule has 0 spiro atoms. The molecule has 3 N–H and O–H groups in total. The standard InChI is InChI=1S/C24H27ClN2O5S/c1-2-31-15-32-13-20(26-23(28)16-7-9-19(25)10-8-16)12-17(24(29)27-30)11-18-14-33-22-6-4-3-5-21(18)22/h3-10,14,17,20,30H,2,11-13,15H2,1H3,(H,26,28)(H,27,29). The molecule has 7 nitrogen and oxygen atoms in total. The predicted octanol–water partition coefficient (Wildman–Crippen LogP) is 4.42. The van der Waals surface area contributed by atoms with Crippen LogP contribution in [0.3, 0.4) is 0 Å². The van der Waals surface area contributed by atoms with Crippen molar-refractivity contribution in [1.82, 2.24) is 10.8 Å². The zero-order chi connectivity index (χ0) is 23.6. The van der Waals surface area contributed by atoms with Gasteiger partial charge in [0.1, 0.15) is 6.79 Å². The molecular weight excluding hydrogens is 464 g/mol. The highest BCUT2D eigenvalue weighted by molar-refractivity contribution is 7.17. The Hall–Kier alpha value is -2.49. The molecule has 0 saturated heterocycles. The van der Waals surface area contributed by atoms with E-state index in [4.69, 9.17) is 21.1 Å². The lowest BCUT2D eigenvalue weighted by Crippen LogP contribution is -2.42. The molecule has 0 saturated carbocycles. The monoisotopic (exact) mass is 490 g/mol. The third kappa shape index (κ3) is 7.25. The number of rotatable bonds is 12. The number of hydrogen-bond donors (Lipinski definition) is 3. The van der Waals surface area contributed by atoms with Crippen molar-refractivity contribution in [3.05, 3.63) is 70.1 Å². The van der Waals surface area contributed by atoms with Gasteiger partial charge in [-0.1, -0.05) is 29.8 Å². The highest BCUT2D eigenvalue weighted by Gasteiger charge is 2.26. The minimum atomic E-state index is -0.584. The van der Waals surface area contributed by atoms with E-state index in [9.17, 15) is 14.8 Å². The van der Waals surface area contributed by atoms with E-state index in [2.05, 4.69) is 5.32 Å². The second-order valence-electron chi connectivity index (χ2n) is 7.53. The average Bonchev–Trinajstić information content (AvgIpc) is 3.24. The molecule has 1 aromatic heterocycles. The summed E-state index contributed by atoms with van der Waals surface area (Å²) in [5, 5.41) is 15.9. The lowest BCUT2D eigenvalue weighted by molar-refractivity contribution is -0.134. The lowest BCUT2D eigenvalue weighted by Gasteiger charge is -2.23. The van der Waals surface area contributed by atoms with Crippen LogP contribution < -0.4 is 10.8 Å². The van der Waals surface area contributed by atoms with Crippen molar-refractivity contribution in [2.45, 2.75) is 25.8 Å². The number of carbonyl (C=O) groups is 2. The zero-order valence-electron chi connectivity index (χ0n) is 18.3. The average molecular weight is 491 g/mol. The summed E-state index contributed by atoms with van der Waals surface area (Å²) in [4.78, 5) is 25.3. The smallest absolute Gasteiger partial charge is 0.251 e. The Bertz CT molecular complexity index is 1060. The topological polar surface area (TPSA) is 96.9 Å². The van der Waals surface area contributed by atoms with Gasteiger partial charge in [-0.05, 0) is 66.4 Å². The van der Waals surface area contributed by atoms with Crippen molar-refractivity contribution in [3.8, 4) is 0 Å². The highest BCUT2D eigenvalue weighted by atomic mass is 35.5. The molecule has 2 unspecified atom stereocenters. The third-order valence-corrected chi connectivity index (χ3v) is 6.47. The Balaban J connectivity index is 1.76. The molecule has 0 bridgehead atoms. The van der Waals surface area contributed by atoms with E-state index in [0.29, 0.717) is 23.6 Å². The molecule has 0 radical (unpaired) electrons. The van der Waals surface area contributed by atoms with Crippen molar-refractivity contribution in [1.29, 1.82) is 0 Å². The van der Waals surface area contributed by atoms with Crippen LogP contribution in [0.4, 0.5) is 0 Å². The number of ether oxygens (including phenoxy) is 2. The molecule has 2 aromatic carbocycles. The molecular formula is C24H27ClN2O5S. The van der Waals surface area contributed by atoms with Gasteiger partial charge >= 0.3 is 0 Å². The van der Waals surface area contributed by atoms with Crippen LogP contribution >= 0.6 is 22.9 Å². The summed E-state index contributed by atoms with van der Waals surface area (Å²) in [7, 11) is 0. The normalized spacial score (nSPS) is 12.9. The van der Waals surface area contributed by atoms with Gasteiger partial charge < -0.3 is 14.8 Å². The van der Waals surface area contributed by atoms with Gasteiger partial charge in [-0.25, -0.2) is 5.48 Å². The molecule has 2 amide bonds. The van der Waals surface area contributed by atoms with Crippen molar-refractivity contribution < 1.29 is 24.3 Å². The van der Waals surface area contributed by atoms with Gasteiger partial charge in [0.15, 0.2) is 0 Å². The molecule has 3 rings (SSSR count). The molecule has 1 heterocycles. The number of fused-ring (bicyclic) bond motifs is 1. The van der Waals surface area contributed by atoms with Crippen LogP contribution in [0.25, 0.3) is 10.1 Å². The molecule has 9 heteroatoms. The van der Waals surface area contributed by atoms with Gasteiger partial charge in [0.2, 0.25) is 5.91 Å². The molecule has 0 aliphatic heterocycles. The Morgan fingerprint density at radius 3 is 2.61 bits per heavy atom. The Morgan fingerprint density at radius 2 is 1.88 bits per heavy atom. The van der Waals surface area contributed by atoms with Crippen molar-refractivity contribution in [2.75, 3.05) is 20.0 Å². The Morgan fingerprint density at radius 1 is 1.12 bits per heavy atom. The molecule has 0 fully saturated rings. The highest BCUT2D eigenvalue weighted by Crippen LogP contribution is 2.29. The van der Waals surface area contributed by atoms with E-state index in [0.717, 1.165) is 15.6 Å². The first-order valence-corrected chi connectivity index (χ1v) is 11.9. The van der Waals surface area contributed by atoms with E-state index in [-0.39, 0.29) is 25.7 Å². The first-order chi connectivity index (χ1) is 16.0. The van der Waals surface area contributed by atoms with Gasteiger partial charge in [0.25, 0.3) is 5.91 Å². The summed E-state index contributed by atoms with van der Waals surface area (Å²) in [5.41, 5.74) is 3.23. The number of halogens is 1. The van der Waals surface area contributed by atoms with Crippen LogP contribution in [0.2, 0.25) is 5.02 Å². The fraction of sp³-hybridized carbons (Fsp3) is 0.333. The van der Waals surface area contributed by atoms with Crippen LogP contribution in [0.1, 0.15) is 29.3 Å². The molecule has 2 atom stereocenters. The number of thiophene rings is 1. The van der Waals surface area contributed by atoms with Crippen molar-refractivity contribution in [3.63, 3.8) is 0 Å². The Labute approximate surface area is 201 Å². The maximum atomic E-state index is 12.8. The van der Waals surface area contributed by atoms with E-state index >= 15 is 0 Å². The lowest BCUT2D eigenvalue weighted by atomic mass is 9.91. The summed E-state index contributed by atoms with van der Waals surface area (Å²) in [6, 6.07) is 14.0. The zero-order valence-corrected chi connectivity index (χ0v) is 19.8. The molecule has 0 aliphatic carbocycles. The van der Waals surface area contributed by atoms with E-state index < -0.39 is 17.9 Å². The van der Waals surface area contributed by atoms with Gasteiger partial charge in [-0.3, -0.25) is 14.8 Å². The van der Waals surface area contributed by atoms with Crippen LogP contribution in [0.5, 0.6) is 0 Å². The summed E-state index contributed by atoms with van der Waals surface area (Å²) in [6.45, 7) is 2.59. The number of hydrogen-bond acceptors (Lipinski definition) is 6. The summed E-state index contributed by atoms with van der Waals surface area (Å²) < 4.78 is 11.9. The van der Waals surface area contributed by atoms with Gasteiger partial charge in [-0.15, -0.1) is 11.3 Å². The second-order valence-corrected chi connectivity index (χ2v) is 8.88. The van der Waals surface area contributed by atoms with E-state index in [1.165, 1.54) is 0 Å². The largest absolute Gasteiger partial charge is 0.356 e. The van der Waals surface area contributed by atoms with Crippen molar-refractivity contribution >= 4 is 44.8 Å². The van der Waals surface area contributed by atoms with Crippen molar-refractivity contribution in [2.24, 2.45) is 5.92 Å². The predicted molar refractivity (Wildman–Crippen MR) is 129 cm³/mol. The van der Waals surface area contributed by atoms with Crippen LogP contribution in [0.15, 0.2) is 53.9 Å². The number of amides is 2. The first-order valence-electron chi connectivity index (χ1n) is 10.6. The van der Waals surface area contributed by atoms with E-state index in [1.807, 2.05) is 36.6 Å². The second kappa shape index (κ2) is 12.7. The minimum absolute atomic E-state index is 0.0792. The van der Waals surface area contributed by atoms with Crippen LogP contribution in [-0.2, 0) is 20.7 Å². The number of benzene rings is 2. The maximum Gasteiger partial charge on any atom is 0.251 e. The first kappa shape index (κ1) is 25.1. The fourth-order valence-corrected chi connectivity index (χ4v) is 4.65. The molecule has 0 aliphatic rings. The number of nitrogens with one attached hydrogen (secondary N) is 2. The molecule has 33 heavy (non-hydrogen) atoms. The molecule has 3 aromatic rings. The SMILES string of the molecule is CCOCOCC(CC(Cc1csc2ccccc12)C(=O)NO)NC(=O)c1ccc(Cl)cc1. The maximum absolute atomic E-state index is 12.8. The summed E-state index contributed by atoms with van der Waals surface area (Å²) >= 11 is 7.52. The van der Waals surface area contributed by atoms with E-state index in [1.54, 1.807) is 41.1 Å². The third-order valence-electron chi connectivity index (χ3n) is 5.21. The van der Waals surface area contributed by atoms with Gasteiger partial charge in [0.05, 0.1) is 12.6 Å². The number of carbonyl (C=O) groups excluding carboxylic acids is 2. The number of hydroxylamine groups is 1. The van der Waals surface area contributed by atoms with Crippen LogP contribution in [0, 0.1) is 5.92 Å². The van der Waals surface area contributed by atoms with Gasteiger partial charge in [0, 0.05) is 27.8 Å². The minimum Gasteiger partial charge on any atom is -0.356 e.